The third-order valence-electron chi connectivity index (χ3n) is 3.59. The maximum atomic E-state index is 11.9. The minimum Gasteiger partial charge on any atom is -0.457 e. The molecule has 3 heterocycles. The summed E-state index contributed by atoms with van der Waals surface area (Å²) in [6.45, 7) is 3.85. The van der Waals surface area contributed by atoms with Gasteiger partial charge >= 0.3 is 5.97 Å². The number of ether oxygens (including phenoxy) is 3. The second-order valence-corrected chi connectivity index (χ2v) is 4.66. The van der Waals surface area contributed by atoms with Crippen molar-refractivity contribution in [1.29, 1.82) is 0 Å². The maximum absolute atomic E-state index is 11.9. The Balaban J connectivity index is 1.90. The molecule has 1 N–H and O–H groups in total. The topological polar surface area (TPSA) is 78.1 Å². The van der Waals surface area contributed by atoms with Crippen LogP contribution in [0.25, 0.3) is 0 Å². The summed E-state index contributed by atoms with van der Waals surface area (Å²) in [5, 5.41) is 10.6. The van der Waals surface area contributed by atoms with Crippen LogP contribution in [-0.2, 0) is 14.2 Å². The van der Waals surface area contributed by atoms with Crippen LogP contribution in [-0.4, -0.2) is 35.9 Å². The van der Waals surface area contributed by atoms with Gasteiger partial charge in [0.15, 0.2) is 0 Å². The first kappa shape index (κ1) is 12.4. The van der Waals surface area contributed by atoms with Crippen LogP contribution in [0.1, 0.15) is 24.4 Å². The summed E-state index contributed by atoms with van der Waals surface area (Å²) in [6.07, 6.45) is 0.168. The largest absolute Gasteiger partial charge is 0.457 e. The summed E-state index contributed by atoms with van der Waals surface area (Å²) in [7, 11) is 0. The number of hydrogen-bond acceptors (Lipinski definition) is 6. The van der Waals surface area contributed by atoms with Gasteiger partial charge in [0, 0.05) is 5.57 Å². The fourth-order valence-corrected chi connectivity index (χ4v) is 2.25. The van der Waals surface area contributed by atoms with E-state index in [2.05, 4.69) is 0 Å². The molecule has 1 aromatic rings. The van der Waals surface area contributed by atoms with Gasteiger partial charge < -0.3 is 23.7 Å². The lowest BCUT2D eigenvalue weighted by Crippen LogP contribution is -2.51. The Hall–Kier alpha value is -1.63. The minimum atomic E-state index is -1.92. The Kier molecular flexibility index (Phi) is 2.74. The molecule has 2 bridgehead atoms. The predicted octanol–water partition coefficient (Wildman–Crippen LogP) is 1.22. The van der Waals surface area contributed by atoms with Gasteiger partial charge in [-0.05, 0) is 31.6 Å². The van der Waals surface area contributed by atoms with Gasteiger partial charge in [0.2, 0.25) is 12.1 Å². The Morgan fingerprint density at radius 2 is 2.32 bits per heavy atom. The van der Waals surface area contributed by atoms with Crippen LogP contribution < -0.4 is 0 Å². The van der Waals surface area contributed by atoms with E-state index in [0.717, 1.165) is 5.57 Å². The Labute approximate surface area is 109 Å². The zero-order valence-corrected chi connectivity index (χ0v) is 10.6. The van der Waals surface area contributed by atoms with Gasteiger partial charge in [-0.3, -0.25) is 0 Å². The number of hydrogen-bond donors (Lipinski definition) is 1. The molecular formula is C13H14O6. The molecule has 0 aliphatic carbocycles. The fraction of sp³-hybridized carbons (Fsp3) is 0.462. The number of rotatable bonds is 2. The number of carbonyl (C=O) groups excluding carboxylic acids is 1. The van der Waals surface area contributed by atoms with E-state index in [-0.39, 0.29) is 11.9 Å². The highest BCUT2D eigenvalue weighted by molar-refractivity contribution is 5.86. The highest BCUT2D eigenvalue weighted by atomic mass is 16.8. The molecule has 3 atom stereocenters. The van der Waals surface area contributed by atoms with E-state index in [1.165, 1.54) is 12.3 Å². The van der Waals surface area contributed by atoms with Crippen LogP contribution in [0.3, 0.4) is 0 Å². The van der Waals surface area contributed by atoms with Crippen molar-refractivity contribution in [3.63, 3.8) is 0 Å². The predicted molar refractivity (Wildman–Crippen MR) is 62.1 cm³/mol. The highest BCUT2D eigenvalue weighted by Crippen LogP contribution is 2.40. The quantitative estimate of drug-likeness (QED) is 0.492. The average Bonchev–Trinajstić information content (AvgIpc) is 3.05. The molecule has 6 nitrogen and oxygen atoms in total. The van der Waals surface area contributed by atoms with Crippen molar-refractivity contribution in [3.05, 3.63) is 35.3 Å². The van der Waals surface area contributed by atoms with Gasteiger partial charge in [-0.25, -0.2) is 4.79 Å². The molecule has 0 saturated carbocycles. The van der Waals surface area contributed by atoms with Crippen molar-refractivity contribution < 1.29 is 28.5 Å². The summed E-state index contributed by atoms with van der Waals surface area (Å²) in [4.78, 5) is 11.9. The number of furan rings is 1. The lowest BCUT2D eigenvalue weighted by molar-refractivity contribution is -0.271. The molecule has 102 valence electrons. The van der Waals surface area contributed by atoms with Crippen molar-refractivity contribution in [3.8, 4) is 0 Å². The van der Waals surface area contributed by atoms with Gasteiger partial charge in [-0.2, -0.15) is 0 Å². The van der Waals surface area contributed by atoms with Gasteiger partial charge in [0.1, 0.15) is 6.10 Å². The molecule has 0 aromatic carbocycles. The first-order valence-corrected chi connectivity index (χ1v) is 5.96. The molecule has 2 aliphatic heterocycles. The molecule has 1 fully saturated rings. The molecule has 0 spiro atoms. The van der Waals surface area contributed by atoms with Crippen LogP contribution in [0.4, 0.5) is 0 Å². The highest BCUT2D eigenvalue weighted by Gasteiger charge is 2.54. The number of fused-ring (bicyclic) bond motifs is 2. The summed E-state index contributed by atoms with van der Waals surface area (Å²) in [5.41, 5.74) is 1.34. The van der Waals surface area contributed by atoms with E-state index in [1.807, 2.05) is 6.92 Å². The molecule has 2 aliphatic rings. The van der Waals surface area contributed by atoms with Crippen LogP contribution in [0.5, 0.6) is 0 Å². The molecule has 0 unspecified atom stereocenters. The Morgan fingerprint density at radius 1 is 1.53 bits per heavy atom. The molecule has 3 rings (SSSR count). The van der Waals surface area contributed by atoms with Crippen molar-refractivity contribution in [2.24, 2.45) is 0 Å². The van der Waals surface area contributed by atoms with Crippen LogP contribution >= 0.6 is 0 Å². The van der Waals surface area contributed by atoms with E-state index < -0.39 is 18.0 Å². The average molecular weight is 266 g/mol. The van der Waals surface area contributed by atoms with Gasteiger partial charge in [-0.15, -0.1) is 0 Å². The Bertz CT molecular complexity index is 531. The normalized spacial score (nSPS) is 33.6. The van der Waals surface area contributed by atoms with Crippen molar-refractivity contribution in [1.82, 2.24) is 0 Å². The molecule has 1 saturated heterocycles. The molecule has 0 amide bonds. The summed E-state index contributed by atoms with van der Waals surface area (Å²) in [5.74, 6) is -2.67. The number of aliphatic hydroxyl groups is 1. The Morgan fingerprint density at radius 3 is 3.00 bits per heavy atom. The zero-order chi connectivity index (χ0) is 13.6. The van der Waals surface area contributed by atoms with Crippen LogP contribution in [0.15, 0.2) is 34.0 Å². The molecule has 19 heavy (non-hydrogen) atoms. The van der Waals surface area contributed by atoms with Crippen molar-refractivity contribution in [2.45, 2.75) is 32.0 Å². The number of carbonyl (C=O) groups is 1. The van der Waals surface area contributed by atoms with Crippen molar-refractivity contribution in [2.75, 3.05) is 6.61 Å². The van der Waals surface area contributed by atoms with Crippen LogP contribution in [0, 0.1) is 0 Å². The van der Waals surface area contributed by atoms with E-state index in [1.54, 1.807) is 13.0 Å². The third kappa shape index (κ3) is 1.80. The van der Waals surface area contributed by atoms with E-state index >= 15 is 0 Å². The van der Waals surface area contributed by atoms with Gasteiger partial charge in [0.25, 0.3) is 5.79 Å². The SMILES string of the molecule is CC1=C(C)[C@@](O)(OC(=O)c2ccco2)[C@@H]2OC[C@H]1O2. The van der Waals surface area contributed by atoms with Crippen LogP contribution in [0.2, 0.25) is 0 Å². The van der Waals surface area contributed by atoms with Gasteiger partial charge in [-0.1, -0.05) is 0 Å². The number of esters is 1. The summed E-state index contributed by atoms with van der Waals surface area (Å²) < 4.78 is 20.9. The lowest BCUT2D eigenvalue weighted by Gasteiger charge is -2.36. The standard InChI is InChI=1S/C13H14O6/c1-7-8(2)13(15,12-17-6-10(7)18-12)19-11(14)9-4-3-5-16-9/h3-5,10,12,15H,6H2,1-2H3/t10-,12-,13-/m1/s1. The second kappa shape index (κ2) is 4.19. The van der Waals surface area contributed by atoms with E-state index in [9.17, 15) is 9.90 Å². The summed E-state index contributed by atoms with van der Waals surface area (Å²) >= 11 is 0. The molecule has 1 aromatic heterocycles. The summed E-state index contributed by atoms with van der Waals surface area (Å²) in [6, 6.07) is 3.02. The molecule has 0 radical (unpaired) electrons. The zero-order valence-electron chi connectivity index (χ0n) is 10.6. The minimum absolute atomic E-state index is 0.0130. The van der Waals surface area contributed by atoms with Gasteiger partial charge in [0.05, 0.1) is 12.9 Å². The first-order chi connectivity index (χ1) is 9.02. The second-order valence-electron chi connectivity index (χ2n) is 4.66. The monoisotopic (exact) mass is 266 g/mol. The maximum Gasteiger partial charge on any atom is 0.377 e. The fourth-order valence-electron chi connectivity index (χ4n) is 2.25. The van der Waals surface area contributed by atoms with E-state index in [4.69, 9.17) is 18.6 Å². The lowest BCUT2D eigenvalue weighted by atomic mass is 9.96. The van der Waals surface area contributed by atoms with Crippen molar-refractivity contribution >= 4 is 5.97 Å². The third-order valence-corrected chi connectivity index (χ3v) is 3.59. The van der Waals surface area contributed by atoms with E-state index in [0.29, 0.717) is 12.2 Å². The first-order valence-electron chi connectivity index (χ1n) is 5.96. The molecule has 6 heteroatoms. The molecular weight excluding hydrogens is 252 g/mol. The smallest absolute Gasteiger partial charge is 0.377 e.